The molecule has 1 atom stereocenters. The molecule has 3 heterocycles. The molecule has 2 fully saturated rings. The highest BCUT2D eigenvalue weighted by molar-refractivity contribution is 5.79. The number of amides is 1. The van der Waals surface area contributed by atoms with Crippen molar-refractivity contribution in [3.8, 4) is 0 Å². The second-order valence-corrected chi connectivity index (χ2v) is 8.35. The summed E-state index contributed by atoms with van der Waals surface area (Å²) in [6.07, 6.45) is 14.8. The second kappa shape index (κ2) is 8.98. The molecule has 3 aliphatic rings. The number of pyridine rings is 1. The van der Waals surface area contributed by atoms with Crippen LogP contribution in [0.15, 0.2) is 36.7 Å². The van der Waals surface area contributed by atoms with Gasteiger partial charge in [-0.2, -0.15) is 0 Å². The summed E-state index contributed by atoms with van der Waals surface area (Å²) in [6.45, 7) is 5.38. The molecule has 5 nitrogen and oxygen atoms in total. The molecule has 2 aliphatic heterocycles. The summed E-state index contributed by atoms with van der Waals surface area (Å²) in [5, 5.41) is 3.26. The third-order valence-electron chi connectivity index (χ3n) is 6.38. The Bertz CT molecular complexity index is 631. The number of piperidine rings is 2. The van der Waals surface area contributed by atoms with Crippen LogP contribution in [0.5, 0.6) is 0 Å². The second-order valence-electron chi connectivity index (χ2n) is 8.35. The highest BCUT2D eigenvalue weighted by Gasteiger charge is 2.32. The van der Waals surface area contributed by atoms with Gasteiger partial charge in [-0.1, -0.05) is 18.2 Å². The average molecular weight is 369 g/mol. The zero-order valence-electron chi connectivity index (χ0n) is 16.2. The van der Waals surface area contributed by atoms with Crippen molar-refractivity contribution in [3.05, 3.63) is 42.2 Å². The number of hydrogen-bond donors (Lipinski definition) is 1. The molecule has 5 heteroatoms. The zero-order valence-corrected chi connectivity index (χ0v) is 16.2. The van der Waals surface area contributed by atoms with E-state index in [-0.39, 0.29) is 11.8 Å². The monoisotopic (exact) mass is 368 g/mol. The molecule has 0 saturated carbocycles. The van der Waals surface area contributed by atoms with Crippen LogP contribution in [-0.4, -0.2) is 59.0 Å². The van der Waals surface area contributed by atoms with Gasteiger partial charge in [0.2, 0.25) is 5.91 Å². The summed E-state index contributed by atoms with van der Waals surface area (Å²) in [6, 6.07) is 5.15. The van der Waals surface area contributed by atoms with E-state index in [0.29, 0.717) is 12.1 Å². The molecule has 146 valence electrons. The van der Waals surface area contributed by atoms with Gasteiger partial charge in [-0.15, -0.1) is 0 Å². The van der Waals surface area contributed by atoms with Crippen LogP contribution in [0.25, 0.3) is 0 Å². The van der Waals surface area contributed by atoms with Crippen molar-refractivity contribution in [2.45, 2.75) is 57.2 Å². The number of carbonyl (C=O) groups excluding carboxylic acids is 1. The van der Waals surface area contributed by atoms with Gasteiger partial charge in [0.25, 0.3) is 0 Å². The van der Waals surface area contributed by atoms with Crippen LogP contribution in [0, 0.1) is 5.92 Å². The molecule has 0 aromatic carbocycles. The zero-order chi connectivity index (χ0) is 18.5. The van der Waals surface area contributed by atoms with Crippen molar-refractivity contribution < 1.29 is 4.79 Å². The lowest BCUT2D eigenvalue weighted by Gasteiger charge is -2.42. The lowest BCUT2D eigenvalue weighted by molar-refractivity contribution is -0.127. The molecule has 27 heavy (non-hydrogen) atoms. The van der Waals surface area contributed by atoms with Gasteiger partial charge in [-0.05, 0) is 69.8 Å². The summed E-state index contributed by atoms with van der Waals surface area (Å²) in [4.78, 5) is 22.0. The number of hydrogen-bond acceptors (Lipinski definition) is 4. The minimum Gasteiger partial charge on any atom is -0.352 e. The standard InChI is InChI=1S/C22H32N4O/c27-22(24-20-7-1-2-8-20)19-6-4-12-26(17-19)21-9-13-25(14-10-21)16-18-5-3-11-23-15-18/h1-3,5,11,15,19-21H,4,6-10,12-14,16-17H2,(H,24,27). The van der Waals surface area contributed by atoms with Gasteiger partial charge in [0.05, 0.1) is 5.92 Å². The summed E-state index contributed by atoms with van der Waals surface area (Å²) in [5.74, 6) is 0.454. The fraction of sp³-hybridized carbons (Fsp3) is 0.636. The Kier molecular flexibility index (Phi) is 6.20. The first-order valence-corrected chi connectivity index (χ1v) is 10.6. The van der Waals surface area contributed by atoms with Crippen molar-refractivity contribution in [3.63, 3.8) is 0 Å². The van der Waals surface area contributed by atoms with E-state index >= 15 is 0 Å². The van der Waals surface area contributed by atoms with E-state index in [1.54, 1.807) is 0 Å². The highest BCUT2D eigenvalue weighted by atomic mass is 16.2. The molecular weight excluding hydrogens is 336 g/mol. The van der Waals surface area contributed by atoms with Crippen LogP contribution >= 0.6 is 0 Å². The molecular formula is C22H32N4O. The van der Waals surface area contributed by atoms with Crippen molar-refractivity contribution in [2.24, 2.45) is 5.92 Å². The van der Waals surface area contributed by atoms with Gasteiger partial charge >= 0.3 is 0 Å². The SMILES string of the molecule is O=C(NC1CC=CC1)C1CCCN(C2CCN(Cc3cccnc3)CC2)C1. The first-order chi connectivity index (χ1) is 13.3. The molecule has 0 radical (unpaired) electrons. The van der Waals surface area contributed by atoms with Gasteiger partial charge in [0, 0.05) is 37.6 Å². The molecule has 1 unspecified atom stereocenters. The third-order valence-corrected chi connectivity index (χ3v) is 6.38. The predicted octanol–water partition coefficient (Wildman–Crippen LogP) is 2.59. The molecule has 1 aliphatic carbocycles. The third kappa shape index (κ3) is 4.96. The normalized spacial score (nSPS) is 25.7. The van der Waals surface area contributed by atoms with E-state index in [1.165, 1.54) is 18.4 Å². The minimum atomic E-state index is 0.174. The smallest absolute Gasteiger partial charge is 0.224 e. The molecule has 1 N–H and O–H groups in total. The predicted molar refractivity (Wildman–Crippen MR) is 107 cm³/mol. The fourth-order valence-corrected chi connectivity index (χ4v) is 4.80. The average Bonchev–Trinajstić information content (AvgIpc) is 3.22. The van der Waals surface area contributed by atoms with Crippen LogP contribution in [0.1, 0.15) is 44.1 Å². The molecule has 2 saturated heterocycles. The van der Waals surface area contributed by atoms with E-state index in [2.05, 4.69) is 38.3 Å². The van der Waals surface area contributed by atoms with Crippen molar-refractivity contribution in [2.75, 3.05) is 26.2 Å². The Hall–Kier alpha value is -1.72. The van der Waals surface area contributed by atoms with E-state index in [1.807, 2.05) is 18.5 Å². The molecule has 1 amide bonds. The number of nitrogens with zero attached hydrogens (tertiary/aromatic N) is 3. The summed E-state index contributed by atoms with van der Waals surface area (Å²) < 4.78 is 0. The van der Waals surface area contributed by atoms with Crippen LogP contribution in [-0.2, 0) is 11.3 Å². The van der Waals surface area contributed by atoms with Gasteiger partial charge in [-0.3, -0.25) is 19.6 Å². The van der Waals surface area contributed by atoms with Crippen LogP contribution < -0.4 is 5.32 Å². The van der Waals surface area contributed by atoms with E-state index in [0.717, 1.165) is 58.4 Å². The van der Waals surface area contributed by atoms with Gasteiger partial charge in [0.1, 0.15) is 0 Å². The van der Waals surface area contributed by atoms with Crippen LogP contribution in [0.2, 0.25) is 0 Å². The Morgan fingerprint density at radius 1 is 1.15 bits per heavy atom. The maximum atomic E-state index is 12.7. The Morgan fingerprint density at radius 3 is 2.70 bits per heavy atom. The number of carbonyl (C=O) groups is 1. The Morgan fingerprint density at radius 2 is 1.96 bits per heavy atom. The van der Waals surface area contributed by atoms with Crippen molar-refractivity contribution in [1.29, 1.82) is 0 Å². The lowest BCUT2D eigenvalue weighted by atomic mass is 9.93. The maximum absolute atomic E-state index is 12.7. The molecule has 0 bridgehead atoms. The van der Waals surface area contributed by atoms with Crippen molar-refractivity contribution in [1.82, 2.24) is 20.1 Å². The number of likely N-dealkylation sites (tertiary alicyclic amines) is 2. The minimum absolute atomic E-state index is 0.174. The molecule has 1 aromatic rings. The summed E-state index contributed by atoms with van der Waals surface area (Å²) in [7, 11) is 0. The topological polar surface area (TPSA) is 48.5 Å². The van der Waals surface area contributed by atoms with E-state index in [9.17, 15) is 4.79 Å². The lowest BCUT2D eigenvalue weighted by Crippen LogP contribution is -2.51. The Balaban J connectivity index is 1.23. The highest BCUT2D eigenvalue weighted by Crippen LogP contribution is 2.25. The van der Waals surface area contributed by atoms with Crippen LogP contribution in [0.4, 0.5) is 0 Å². The summed E-state index contributed by atoms with van der Waals surface area (Å²) >= 11 is 0. The maximum Gasteiger partial charge on any atom is 0.224 e. The quantitative estimate of drug-likeness (QED) is 0.812. The Labute approximate surface area is 162 Å². The number of aromatic nitrogens is 1. The largest absolute Gasteiger partial charge is 0.352 e. The van der Waals surface area contributed by atoms with Gasteiger partial charge in [0.15, 0.2) is 0 Å². The fourth-order valence-electron chi connectivity index (χ4n) is 4.80. The number of rotatable bonds is 5. The van der Waals surface area contributed by atoms with Crippen LogP contribution in [0.3, 0.4) is 0 Å². The molecule has 0 spiro atoms. The van der Waals surface area contributed by atoms with E-state index in [4.69, 9.17) is 0 Å². The number of nitrogens with one attached hydrogen (secondary N) is 1. The van der Waals surface area contributed by atoms with E-state index < -0.39 is 0 Å². The van der Waals surface area contributed by atoms with Gasteiger partial charge < -0.3 is 5.32 Å². The van der Waals surface area contributed by atoms with Gasteiger partial charge in [-0.25, -0.2) is 0 Å². The molecule has 4 rings (SSSR count). The van der Waals surface area contributed by atoms with Crippen molar-refractivity contribution >= 4 is 5.91 Å². The first kappa shape index (κ1) is 18.6. The molecule has 1 aromatic heterocycles. The summed E-state index contributed by atoms with van der Waals surface area (Å²) in [5.41, 5.74) is 1.30. The first-order valence-electron chi connectivity index (χ1n) is 10.6.